The predicted octanol–water partition coefficient (Wildman–Crippen LogP) is 4.56. The number of aryl methyl sites for hydroxylation is 3. The molecule has 1 N–H and O–H groups in total. The Labute approximate surface area is 205 Å². The zero-order chi connectivity index (χ0) is 24.7. The van der Waals surface area contributed by atoms with E-state index < -0.39 is 6.04 Å². The summed E-state index contributed by atoms with van der Waals surface area (Å²) in [6.07, 6.45) is 0. The van der Waals surface area contributed by atoms with Gasteiger partial charge in [-0.05, 0) is 69.2 Å². The fraction of sp³-hybridized carbons (Fsp3) is 0.308. The molecule has 2 amide bonds. The van der Waals surface area contributed by atoms with Gasteiger partial charge in [0.25, 0.3) is 0 Å². The highest BCUT2D eigenvalue weighted by Crippen LogP contribution is 2.20. The topological polar surface area (TPSA) is 84.4 Å². The molecular formula is C26H30N4O3S. The molecular weight excluding hydrogens is 448 g/mol. The first kappa shape index (κ1) is 25.2. The largest absolute Gasteiger partial charge is 0.497 e. The number of hydrogen-bond acceptors (Lipinski definition) is 6. The maximum Gasteiger partial charge on any atom is 0.246 e. The van der Waals surface area contributed by atoms with Gasteiger partial charge in [0.2, 0.25) is 11.8 Å². The number of amides is 2. The number of thioether (sulfide) groups is 1. The molecule has 34 heavy (non-hydrogen) atoms. The minimum atomic E-state index is -0.685. The van der Waals surface area contributed by atoms with Crippen LogP contribution in [0.15, 0.2) is 59.8 Å². The van der Waals surface area contributed by atoms with Crippen LogP contribution in [0.25, 0.3) is 0 Å². The Kier molecular flexibility index (Phi) is 8.65. The summed E-state index contributed by atoms with van der Waals surface area (Å²) in [5, 5.41) is 3.45. The summed E-state index contributed by atoms with van der Waals surface area (Å²) in [4.78, 5) is 36.8. The molecule has 0 aliphatic rings. The van der Waals surface area contributed by atoms with Crippen LogP contribution < -0.4 is 10.1 Å². The number of methoxy groups -OCH3 is 1. The highest BCUT2D eigenvalue weighted by Gasteiger charge is 2.27. The molecule has 0 spiro atoms. The quantitative estimate of drug-likeness (QED) is 0.359. The fourth-order valence-electron chi connectivity index (χ4n) is 3.44. The third-order valence-electron chi connectivity index (χ3n) is 5.41. The second-order valence-electron chi connectivity index (χ2n) is 8.06. The van der Waals surface area contributed by atoms with Crippen LogP contribution in [0.1, 0.15) is 29.4 Å². The van der Waals surface area contributed by atoms with Gasteiger partial charge in [-0.25, -0.2) is 9.97 Å². The lowest BCUT2D eigenvalue weighted by molar-refractivity contribution is -0.136. The van der Waals surface area contributed by atoms with E-state index in [-0.39, 0.29) is 17.6 Å². The number of nitrogens with one attached hydrogen (secondary N) is 1. The first-order valence-corrected chi connectivity index (χ1v) is 12.0. The van der Waals surface area contributed by atoms with Crippen LogP contribution in [-0.2, 0) is 16.1 Å². The fourth-order valence-corrected chi connectivity index (χ4v) is 4.28. The Morgan fingerprint density at radius 3 is 2.29 bits per heavy atom. The molecule has 178 valence electrons. The molecule has 8 heteroatoms. The van der Waals surface area contributed by atoms with Gasteiger partial charge in [-0.2, -0.15) is 0 Å². The normalized spacial score (nSPS) is 11.6. The Bertz CT molecular complexity index is 1130. The molecule has 2 aromatic carbocycles. The van der Waals surface area contributed by atoms with E-state index in [1.807, 2.05) is 51.1 Å². The van der Waals surface area contributed by atoms with Crippen molar-refractivity contribution >= 4 is 29.3 Å². The molecule has 0 radical (unpaired) electrons. The molecule has 1 heterocycles. The molecule has 1 atom stereocenters. The Morgan fingerprint density at radius 2 is 1.68 bits per heavy atom. The standard InChI is InChI=1S/C26H30N4O3S/c1-17-8-6-7-9-21(17)15-30(24(31)16-34-26-27-18(2)14-19(3)28-26)20(4)25(32)29-22-10-12-23(33-5)13-11-22/h6-14,20H,15-16H2,1-5H3,(H,29,32). The summed E-state index contributed by atoms with van der Waals surface area (Å²) in [6.45, 7) is 7.87. The van der Waals surface area contributed by atoms with Crippen molar-refractivity contribution in [1.82, 2.24) is 14.9 Å². The smallest absolute Gasteiger partial charge is 0.246 e. The van der Waals surface area contributed by atoms with Gasteiger partial charge in [0.15, 0.2) is 5.16 Å². The van der Waals surface area contributed by atoms with E-state index in [2.05, 4.69) is 15.3 Å². The number of ether oxygens (including phenoxy) is 1. The maximum absolute atomic E-state index is 13.3. The molecule has 1 aromatic heterocycles. The molecule has 0 saturated heterocycles. The lowest BCUT2D eigenvalue weighted by Gasteiger charge is -2.29. The number of hydrogen-bond donors (Lipinski definition) is 1. The van der Waals surface area contributed by atoms with Crippen molar-refractivity contribution in [1.29, 1.82) is 0 Å². The maximum atomic E-state index is 13.3. The van der Waals surface area contributed by atoms with Gasteiger partial charge < -0.3 is 15.0 Å². The van der Waals surface area contributed by atoms with Crippen molar-refractivity contribution in [2.24, 2.45) is 0 Å². The zero-order valence-electron chi connectivity index (χ0n) is 20.2. The van der Waals surface area contributed by atoms with Crippen LogP contribution >= 0.6 is 11.8 Å². The molecule has 0 saturated carbocycles. The molecule has 0 aliphatic heterocycles. The SMILES string of the molecule is COc1ccc(NC(=O)C(C)N(Cc2ccccc2C)C(=O)CSc2nc(C)cc(C)n2)cc1. The lowest BCUT2D eigenvalue weighted by Crippen LogP contribution is -2.46. The minimum Gasteiger partial charge on any atom is -0.497 e. The highest BCUT2D eigenvalue weighted by atomic mass is 32.2. The molecule has 0 bridgehead atoms. The number of carbonyl (C=O) groups is 2. The van der Waals surface area contributed by atoms with Crippen molar-refractivity contribution in [3.63, 3.8) is 0 Å². The molecule has 0 aliphatic carbocycles. The van der Waals surface area contributed by atoms with Gasteiger partial charge in [-0.15, -0.1) is 0 Å². The van der Waals surface area contributed by atoms with Gasteiger partial charge in [-0.3, -0.25) is 9.59 Å². The van der Waals surface area contributed by atoms with Crippen molar-refractivity contribution < 1.29 is 14.3 Å². The van der Waals surface area contributed by atoms with Gasteiger partial charge >= 0.3 is 0 Å². The number of aromatic nitrogens is 2. The van der Waals surface area contributed by atoms with Crippen LogP contribution in [0.4, 0.5) is 5.69 Å². The van der Waals surface area contributed by atoms with E-state index in [4.69, 9.17) is 4.74 Å². The van der Waals surface area contributed by atoms with Crippen LogP contribution in [0.3, 0.4) is 0 Å². The number of nitrogens with zero attached hydrogens (tertiary/aromatic N) is 3. The summed E-state index contributed by atoms with van der Waals surface area (Å²) in [5.74, 6) is 0.413. The second kappa shape index (κ2) is 11.7. The highest BCUT2D eigenvalue weighted by molar-refractivity contribution is 7.99. The number of carbonyl (C=O) groups excluding carboxylic acids is 2. The van der Waals surface area contributed by atoms with E-state index in [0.717, 1.165) is 22.5 Å². The van der Waals surface area contributed by atoms with E-state index in [1.165, 1.54) is 11.8 Å². The summed E-state index contributed by atoms with van der Waals surface area (Å²) in [6, 6.07) is 16.2. The average Bonchev–Trinajstić information content (AvgIpc) is 2.81. The van der Waals surface area contributed by atoms with Crippen LogP contribution in [0.2, 0.25) is 0 Å². The van der Waals surface area contributed by atoms with Crippen LogP contribution in [0.5, 0.6) is 5.75 Å². The van der Waals surface area contributed by atoms with Crippen molar-refractivity contribution in [2.75, 3.05) is 18.2 Å². The molecule has 3 rings (SSSR count). The first-order valence-electron chi connectivity index (χ1n) is 11.0. The van der Waals surface area contributed by atoms with E-state index >= 15 is 0 Å². The third kappa shape index (κ3) is 6.81. The summed E-state index contributed by atoms with van der Waals surface area (Å²) in [5.41, 5.74) is 4.40. The number of anilines is 1. The van der Waals surface area contributed by atoms with Crippen LogP contribution in [-0.4, -0.2) is 45.6 Å². The Balaban J connectivity index is 1.77. The number of benzene rings is 2. The molecule has 0 fully saturated rings. The van der Waals surface area contributed by atoms with Gasteiger partial charge in [0, 0.05) is 23.6 Å². The van der Waals surface area contributed by atoms with Crippen molar-refractivity contribution in [3.8, 4) is 5.75 Å². The van der Waals surface area contributed by atoms with Crippen molar-refractivity contribution in [3.05, 3.63) is 77.1 Å². The lowest BCUT2D eigenvalue weighted by atomic mass is 10.1. The Morgan fingerprint density at radius 1 is 1.03 bits per heavy atom. The minimum absolute atomic E-state index is 0.134. The average molecular weight is 479 g/mol. The van der Waals surface area contributed by atoms with Gasteiger partial charge in [0.05, 0.1) is 12.9 Å². The van der Waals surface area contributed by atoms with E-state index in [9.17, 15) is 9.59 Å². The summed E-state index contributed by atoms with van der Waals surface area (Å²) >= 11 is 1.28. The monoisotopic (exact) mass is 478 g/mol. The number of rotatable bonds is 9. The zero-order valence-corrected chi connectivity index (χ0v) is 21.0. The second-order valence-corrected chi connectivity index (χ2v) is 9.01. The van der Waals surface area contributed by atoms with E-state index in [1.54, 1.807) is 43.2 Å². The molecule has 7 nitrogen and oxygen atoms in total. The summed E-state index contributed by atoms with van der Waals surface area (Å²) in [7, 11) is 1.59. The molecule has 1 unspecified atom stereocenters. The third-order valence-corrected chi connectivity index (χ3v) is 6.25. The van der Waals surface area contributed by atoms with E-state index in [0.29, 0.717) is 23.1 Å². The van der Waals surface area contributed by atoms with Crippen molar-refractivity contribution in [2.45, 2.75) is 45.4 Å². The first-order chi connectivity index (χ1) is 16.3. The van der Waals surface area contributed by atoms with Crippen LogP contribution in [0, 0.1) is 20.8 Å². The predicted molar refractivity (Wildman–Crippen MR) is 135 cm³/mol. The summed E-state index contributed by atoms with van der Waals surface area (Å²) < 4.78 is 5.17. The van der Waals surface area contributed by atoms with Gasteiger partial charge in [0.1, 0.15) is 11.8 Å². The molecule has 3 aromatic rings. The van der Waals surface area contributed by atoms with Gasteiger partial charge in [-0.1, -0.05) is 36.0 Å². The Hall–Kier alpha value is -3.39.